The molecule has 3 rings (SSSR count). The summed E-state index contributed by atoms with van der Waals surface area (Å²) in [5, 5.41) is 17.9. The Hall–Kier alpha value is -2.14. The summed E-state index contributed by atoms with van der Waals surface area (Å²) in [6.07, 6.45) is 0. The second-order valence-corrected chi connectivity index (χ2v) is 9.97. The van der Waals surface area contributed by atoms with Crippen LogP contribution >= 0.6 is 46.3 Å². The predicted molar refractivity (Wildman–Crippen MR) is 129 cm³/mol. The first-order chi connectivity index (χ1) is 15.2. The van der Waals surface area contributed by atoms with Crippen LogP contribution in [0.25, 0.3) is 0 Å². The topological polar surface area (TPSA) is 102 Å². The van der Waals surface area contributed by atoms with Gasteiger partial charge in [0, 0.05) is 18.0 Å². The number of amides is 2. The van der Waals surface area contributed by atoms with E-state index < -0.39 is 6.04 Å². The number of hydrogen-bond donors (Lipinski definition) is 2. The summed E-state index contributed by atoms with van der Waals surface area (Å²) in [6, 6.07) is 4.33. The first-order valence-electron chi connectivity index (χ1n) is 9.65. The van der Waals surface area contributed by atoms with Crippen molar-refractivity contribution < 1.29 is 9.59 Å². The van der Waals surface area contributed by atoms with Crippen molar-refractivity contribution in [2.24, 2.45) is 13.0 Å². The molecule has 12 heteroatoms. The molecule has 170 valence electrons. The maximum absolute atomic E-state index is 12.8. The van der Waals surface area contributed by atoms with Crippen LogP contribution < -0.4 is 10.6 Å². The Labute approximate surface area is 204 Å². The zero-order chi connectivity index (χ0) is 23.4. The van der Waals surface area contributed by atoms with Crippen molar-refractivity contribution in [2.45, 2.75) is 32.0 Å². The highest BCUT2D eigenvalue weighted by molar-refractivity contribution is 7.99. The monoisotopic (exact) mass is 512 g/mol. The maximum atomic E-state index is 12.8. The molecule has 0 saturated carbocycles. The average molecular weight is 513 g/mol. The number of carbonyl (C=O) groups is 2. The molecule has 2 amide bonds. The van der Waals surface area contributed by atoms with E-state index in [9.17, 15) is 9.59 Å². The van der Waals surface area contributed by atoms with E-state index in [2.05, 4.69) is 25.8 Å². The van der Waals surface area contributed by atoms with Gasteiger partial charge in [0.2, 0.25) is 5.91 Å². The number of nitrogens with one attached hydrogen (secondary N) is 2. The Morgan fingerprint density at radius 3 is 2.59 bits per heavy atom. The van der Waals surface area contributed by atoms with Gasteiger partial charge in [0.15, 0.2) is 16.1 Å². The molecule has 0 radical (unpaired) electrons. The Morgan fingerprint density at radius 1 is 1.22 bits per heavy atom. The number of nitrogens with zero attached hydrogens (tertiary/aromatic N) is 4. The molecule has 0 aliphatic carbocycles. The summed E-state index contributed by atoms with van der Waals surface area (Å²) >= 11 is 14.6. The van der Waals surface area contributed by atoms with Crippen molar-refractivity contribution in [1.82, 2.24) is 25.1 Å². The van der Waals surface area contributed by atoms with E-state index >= 15 is 0 Å². The average Bonchev–Trinajstić information content (AvgIpc) is 3.31. The van der Waals surface area contributed by atoms with Gasteiger partial charge in [-0.25, -0.2) is 4.98 Å². The Morgan fingerprint density at radius 2 is 1.97 bits per heavy atom. The van der Waals surface area contributed by atoms with E-state index in [0.29, 0.717) is 31.7 Å². The second-order valence-electron chi connectivity index (χ2n) is 7.35. The van der Waals surface area contributed by atoms with E-state index in [1.165, 1.54) is 29.2 Å². The van der Waals surface area contributed by atoms with E-state index in [0.717, 1.165) is 5.69 Å². The highest BCUT2D eigenvalue weighted by atomic mass is 35.5. The molecule has 1 atom stereocenters. The first kappa shape index (κ1) is 24.5. The van der Waals surface area contributed by atoms with Gasteiger partial charge in [-0.2, -0.15) is 0 Å². The van der Waals surface area contributed by atoms with Gasteiger partial charge < -0.3 is 15.2 Å². The van der Waals surface area contributed by atoms with Crippen molar-refractivity contribution in [3.8, 4) is 0 Å². The number of thiazole rings is 1. The molecule has 0 aliphatic heterocycles. The Balaban J connectivity index is 1.67. The SMILES string of the molecule is Cc1csc(NC(=O)CSc2nnc([C@H](NC(=O)c3ccc(Cl)c(Cl)c3)C(C)C)n2C)n1. The van der Waals surface area contributed by atoms with E-state index in [1.807, 2.05) is 26.2 Å². The highest BCUT2D eigenvalue weighted by Crippen LogP contribution is 2.26. The van der Waals surface area contributed by atoms with Gasteiger partial charge in [0.25, 0.3) is 5.91 Å². The summed E-state index contributed by atoms with van der Waals surface area (Å²) in [5.74, 6) is 0.317. The lowest BCUT2D eigenvalue weighted by atomic mass is 10.0. The second kappa shape index (κ2) is 10.7. The highest BCUT2D eigenvalue weighted by Gasteiger charge is 2.25. The minimum Gasteiger partial charge on any atom is -0.342 e. The zero-order valence-corrected chi connectivity index (χ0v) is 21.0. The molecule has 0 unspecified atom stereocenters. The molecule has 2 aromatic heterocycles. The number of thioether (sulfide) groups is 1. The van der Waals surface area contributed by atoms with Crippen molar-refractivity contribution >= 4 is 63.2 Å². The molecule has 1 aromatic carbocycles. The van der Waals surface area contributed by atoms with Crippen LogP contribution in [0.3, 0.4) is 0 Å². The summed E-state index contributed by atoms with van der Waals surface area (Å²) in [6.45, 7) is 5.82. The molecule has 0 spiro atoms. The number of halogens is 2. The lowest BCUT2D eigenvalue weighted by Crippen LogP contribution is -2.33. The van der Waals surface area contributed by atoms with Gasteiger partial charge in [-0.15, -0.1) is 21.5 Å². The molecule has 3 aromatic rings. The largest absolute Gasteiger partial charge is 0.342 e. The van der Waals surface area contributed by atoms with Gasteiger partial charge in [-0.3, -0.25) is 9.59 Å². The third kappa shape index (κ3) is 6.00. The molecule has 0 bridgehead atoms. The smallest absolute Gasteiger partial charge is 0.251 e. The van der Waals surface area contributed by atoms with Gasteiger partial charge in [-0.05, 0) is 31.0 Å². The van der Waals surface area contributed by atoms with E-state index in [-0.39, 0.29) is 23.5 Å². The van der Waals surface area contributed by atoms with Crippen molar-refractivity contribution in [2.75, 3.05) is 11.1 Å². The standard InChI is InChI=1S/C20H22Cl2N6O2S2/c1-10(2)16(25-18(30)12-5-6-13(21)14(22)7-12)17-26-27-20(28(17)4)32-9-15(29)24-19-23-11(3)8-31-19/h5-8,10,16H,9H2,1-4H3,(H,25,30)(H,23,24,29)/t16-/m1/s1. The van der Waals surface area contributed by atoms with Crippen LogP contribution in [0.4, 0.5) is 5.13 Å². The molecule has 0 saturated heterocycles. The maximum Gasteiger partial charge on any atom is 0.251 e. The number of carbonyl (C=O) groups excluding carboxylic acids is 2. The number of hydrogen-bond acceptors (Lipinski definition) is 7. The van der Waals surface area contributed by atoms with Crippen molar-refractivity contribution in [3.63, 3.8) is 0 Å². The molecule has 8 nitrogen and oxygen atoms in total. The fraction of sp³-hybridized carbons (Fsp3) is 0.350. The van der Waals surface area contributed by atoms with Gasteiger partial charge in [0.1, 0.15) is 0 Å². The summed E-state index contributed by atoms with van der Waals surface area (Å²) in [5.41, 5.74) is 1.26. The first-order valence-corrected chi connectivity index (χ1v) is 12.3. The van der Waals surface area contributed by atoms with Crippen LogP contribution in [0.15, 0.2) is 28.7 Å². The number of benzene rings is 1. The number of anilines is 1. The molecule has 32 heavy (non-hydrogen) atoms. The van der Waals surface area contributed by atoms with Crippen molar-refractivity contribution in [1.29, 1.82) is 0 Å². The molecule has 2 heterocycles. The molecule has 2 N–H and O–H groups in total. The third-order valence-corrected chi connectivity index (χ3v) is 7.11. The van der Waals surface area contributed by atoms with Crippen LogP contribution in [-0.2, 0) is 11.8 Å². The summed E-state index contributed by atoms with van der Waals surface area (Å²) in [7, 11) is 1.81. The van der Waals surface area contributed by atoms with E-state index in [1.54, 1.807) is 23.7 Å². The lowest BCUT2D eigenvalue weighted by Gasteiger charge is -2.21. The predicted octanol–water partition coefficient (Wildman–Crippen LogP) is 4.74. The van der Waals surface area contributed by atoms with Crippen LogP contribution in [0.2, 0.25) is 10.0 Å². The Kier molecular flexibility index (Phi) is 8.16. The minimum atomic E-state index is -0.393. The molecular weight excluding hydrogens is 491 g/mol. The molecule has 0 aliphatic rings. The van der Waals surface area contributed by atoms with Gasteiger partial charge >= 0.3 is 0 Å². The van der Waals surface area contributed by atoms with Crippen LogP contribution in [0.1, 0.15) is 41.8 Å². The minimum absolute atomic E-state index is 0.0407. The molecular formula is C20H22Cl2N6O2S2. The summed E-state index contributed by atoms with van der Waals surface area (Å²) in [4.78, 5) is 29.2. The van der Waals surface area contributed by atoms with Gasteiger partial charge in [-0.1, -0.05) is 48.8 Å². The van der Waals surface area contributed by atoms with Crippen LogP contribution in [0.5, 0.6) is 0 Å². The molecule has 0 fully saturated rings. The number of aryl methyl sites for hydroxylation is 1. The Bertz CT molecular complexity index is 1130. The number of rotatable bonds is 8. The zero-order valence-electron chi connectivity index (χ0n) is 17.8. The quantitative estimate of drug-likeness (QED) is 0.422. The fourth-order valence-corrected chi connectivity index (χ4v) is 4.53. The normalized spacial score (nSPS) is 12.1. The fourth-order valence-electron chi connectivity index (χ4n) is 2.81. The summed E-state index contributed by atoms with van der Waals surface area (Å²) < 4.78 is 1.78. The van der Waals surface area contributed by atoms with Crippen LogP contribution in [-0.4, -0.2) is 37.3 Å². The lowest BCUT2D eigenvalue weighted by molar-refractivity contribution is -0.113. The van der Waals surface area contributed by atoms with Gasteiger partial charge in [0.05, 0.1) is 27.5 Å². The van der Waals surface area contributed by atoms with E-state index in [4.69, 9.17) is 23.2 Å². The van der Waals surface area contributed by atoms with Crippen LogP contribution in [0, 0.1) is 12.8 Å². The number of aromatic nitrogens is 4. The van der Waals surface area contributed by atoms with Crippen molar-refractivity contribution in [3.05, 3.63) is 50.7 Å². The third-order valence-electron chi connectivity index (χ3n) is 4.48.